The van der Waals surface area contributed by atoms with Gasteiger partial charge in [0, 0.05) is 19.6 Å². The number of hydrogen-bond donors (Lipinski definition) is 2. The molecular formula is C16H21N3O7S. The number of carbonyl (C=O) groups excluding carboxylic acids is 2. The first kappa shape index (κ1) is 19.4. The summed E-state index contributed by atoms with van der Waals surface area (Å²) < 4.78 is 31.5. The van der Waals surface area contributed by atoms with Gasteiger partial charge in [-0.05, 0) is 37.8 Å². The van der Waals surface area contributed by atoms with E-state index >= 15 is 0 Å². The van der Waals surface area contributed by atoms with Gasteiger partial charge in [0.15, 0.2) is 0 Å². The summed E-state index contributed by atoms with van der Waals surface area (Å²) in [5.41, 5.74) is 0. The van der Waals surface area contributed by atoms with Crippen molar-refractivity contribution in [3.05, 3.63) is 17.9 Å². The SMILES string of the molecule is CN(CC(=O)NC1CC1)C(=O)C1CCCN1S(=O)(=O)c1ccc(C(=O)O)o1. The summed E-state index contributed by atoms with van der Waals surface area (Å²) in [6.45, 7) is -0.0341. The van der Waals surface area contributed by atoms with Crippen molar-refractivity contribution in [2.45, 2.75) is 42.9 Å². The maximum Gasteiger partial charge on any atom is 0.371 e. The Morgan fingerprint density at radius 2 is 2.00 bits per heavy atom. The van der Waals surface area contributed by atoms with Crippen LogP contribution in [0.1, 0.15) is 36.2 Å². The summed E-state index contributed by atoms with van der Waals surface area (Å²) in [5, 5.41) is 11.1. The van der Waals surface area contributed by atoms with E-state index < -0.39 is 38.8 Å². The minimum absolute atomic E-state index is 0.115. The summed E-state index contributed by atoms with van der Waals surface area (Å²) in [6.07, 6.45) is 2.66. The van der Waals surface area contributed by atoms with E-state index in [4.69, 9.17) is 9.52 Å². The summed E-state index contributed by atoms with van der Waals surface area (Å²) in [6, 6.07) is 1.33. The fraction of sp³-hybridized carbons (Fsp3) is 0.562. The average molecular weight is 399 g/mol. The predicted octanol–water partition coefficient (Wildman–Crippen LogP) is -0.132. The van der Waals surface area contributed by atoms with Crippen molar-refractivity contribution < 1.29 is 32.3 Å². The second-order valence-electron chi connectivity index (χ2n) is 6.73. The number of nitrogens with one attached hydrogen (secondary N) is 1. The Morgan fingerprint density at radius 3 is 2.59 bits per heavy atom. The predicted molar refractivity (Wildman–Crippen MR) is 91.4 cm³/mol. The van der Waals surface area contributed by atoms with Crippen LogP contribution in [0.5, 0.6) is 0 Å². The fourth-order valence-corrected chi connectivity index (χ4v) is 4.58. The number of likely N-dealkylation sites (N-methyl/N-ethyl adjacent to an activating group) is 1. The van der Waals surface area contributed by atoms with Crippen LogP contribution in [-0.4, -0.2) is 72.7 Å². The number of nitrogens with zero attached hydrogens (tertiary/aromatic N) is 2. The van der Waals surface area contributed by atoms with Crippen LogP contribution < -0.4 is 5.32 Å². The largest absolute Gasteiger partial charge is 0.475 e. The highest BCUT2D eigenvalue weighted by atomic mass is 32.2. The number of carboxylic acid groups (broad SMARTS) is 1. The Hall–Kier alpha value is -2.40. The zero-order valence-electron chi connectivity index (χ0n) is 14.8. The molecule has 2 heterocycles. The molecule has 1 atom stereocenters. The molecule has 148 valence electrons. The number of rotatable bonds is 7. The maximum absolute atomic E-state index is 12.8. The zero-order chi connectivity index (χ0) is 19.8. The monoisotopic (exact) mass is 399 g/mol. The molecule has 1 aliphatic carbocycles. The maximum atomic E-state index is 12.8. The van der Waals surface area contributed by atoms with Gasteiger partial charge >= 0.3 is 5.97 Å². The molecule has 27 heavy (non-hydrogen) atoms. The number of aromatic carboxylic acids is 1. The molecule has 2 aliphatic rings. The van der Waals surface area contributed by atoms with Crippen LogP contribution in [0.3, 0.4) is 0 Å². The lowest BCUT2D eigenvalue weighted by molar-refractivity contribution is -0.137. The molecule has 0 radical (unpaired) electrons. The van der Waals surface area contributed by atoms with Gasteiger partial charge in [0.2, 0.25) is 22.7 Å². The molecule has 2 fully saturated rings. The molecule has 0 aromatic carbocycles. The molecule has 1 saturated carbocycles. The third-order valence-corrected chi connectivity index (χ3v) is 6.33. The van der Waals surface area contributed by atoms with Gasteiger partial charge in [-0.25, -0.2) is 13.2 Å². The lowest BCUT2D eigenvalue weighted by Gasteiger charge is -2.26. The standard InChI is InChI=1S/C16H21N3O7S/c1-18(9-13(20)17-10-4-5-10)15(21)11-3-2-8-19(11)27(24,25)14-7-6-12(26-14)16(22)23/h6-7,10-11H,2-5,8-9H2,1H3,(H,17,20)(H,22,23). The molecule has 0 spiro atoms. The molecule has 11 heteroatoms. The van der Waals surface area contributed by atoms with Crippen molar-refractivity contribution in [1.82, 2.24) is 14.5 Å². The number of hydrogen-bond acceptors (Lipinski definition) is 6. The van der Waals surface area contributed by atoms with Gasteiger partial charge in [-0.1, -0.05) is 0 Å². The molecule has 1 aromatic heterocycles. The second-order valence-corrected chi connectivity index (χ2v) is 8.56. The smallest absolute Gasteiger partial charge is 0.371 e. The molecule has 1 unspecified atom stereocenters. The van der Waals surface area contributed by atoms with E-state index in [0.717, 1.165) is 29.3 Å². The van der Waals surface area contributed by atoms with Gasteiger partial charge in [0.1, 0.15) is 6.04 Å². The Bertz CT molecular complexity index is 859. The molecule has 1 aliphatic heterocycles. The Morgan fingerprint density at radius 1 is 1.30 bits per heavy atom. The van der Waals surface area contributed by atoms with Gasteiger partial charge in [0.25, 0.3) is 10.0 Å². The third kappa shape index (κ3) is 4.14. The van der Waals surface area contributed by atoms with Crippen LogP contribution in [-0.2, 0) is 19.6 Å². The molecule has 2 N–H and O–H groups in total. The van der Waals surface area contributed by atoms with E-state index in [2.05, 4.69) is 5.32 Å². The van der Waals surface area contributed by atoms with Crippen molar-refractivity contribution >= 4 is 27.8 Å². The molecular weight excluding hydrogens is 378 g/mol. The third-order valence-electron chi connectivity index (χ3n) is 4.54. The van der Waals surface area contributed by atoms with Crippen LogP contribution in [0.15, 0.2) is 21.6 Å². The lowest BCUT2D eigenvalue weighted by Crippen LogP contribution is -2.49. The van der Waals surface area contributed by atoms with Crippen LogP contribution in [0.2, 0.25) is 0 Å². The van der Waals surface area contributed by atoms with Gasteiger partial charge in [-0.3, -0.25) is 9.59 Å². The highest BCUT2D eigenvalue weighted by molar-refractivity contribution is 7.89. The summed E-state index contributed by atoms with van der Waals surface area (Å²) in [4.78, 5) is 36.7. The first-order chi connectivity index (χ1) is 12.7. The van der Waals surface area contributed by atoms with Crippen LogP contribution in [0, 0.1) is 0 Å². The van der Waals surface area contributed by atoms with E-state index in [1.165, 1.54) is 11.9 Å². The number of carbonyl (C=O) groups is 3. The van der Waals surface area contributed by atoms with Gasteiger partial charge in [-0.15, -0.1) is 0 Å². The van der Waals surface area contributed by atoms with E-state index in [1.807, 2.05) is 0 Å². The molecule has 1 saturated heterocycles. The molecule has 10 nitrogen and oxygen atoms in total. The van der Waals surface area contributed by atoms with E-state index in [1.54, 1.807) is 0 Å². The zero-order valence-corrected chi connectivity index (χ0v) is 15.6. The summed E-state index contributed by atoms with van der Waals surface area (Å²) in [5.74, 6) is -2.64. The fourth-order valence-electron chi connectivity index (χ4n) is 3.01. The van der Waals surface area contributed by atoms with E-state index in [9.17, 15) is 22.8 Å². The van der Waals surface area contributed by atoms with Gasteiger partial charge in [0.05, 0.1) is 6.54 Å². The number of amides is 2. The number of sulfonamides is 1. The number of furan rings is 1. The van der Waals surface area contributed by atoms with Crippen molar-refractivity contribution in [3.63, 3.8) is 0 Å². The van der Waals surface area contributed by atoms with Crippen molar-refractivity contribution in [3.8, 4) is 0 Å². The van der Waals surface area contributed by atoms with Gasteiger partial charge < -0.3 is 19.7 Å². The summed E-state index contributed by atoms with van der Waals surface area (Å²) in [7, 11) is -2.71. The molecule has 3 rings (SSSR count). The first-order valence-corrected chi connectivity index (χ1v) is 10.0. The minimum Gasteiger partial charge on any atom is -0.475 e. The van der Waals surface area contributed by atoms with Gasteiger partial charge in [-0.2, -0.15) is 4.31 Å². The quantitative estimate of drug-likeness (QED) is 0.651. The topological polar surface area (TPSA) is 137 Å². The molecule has 1 aromatic rings. The Labute approximate surface area is 156 Å². The van der Waals surface area contributed by atoms with Crippen molar-refractivity contribution in [1.29, 1.82) is 0 Å². The second kappa shape index (κ2) is 7.31. The first-order valence-electron chi connectivity index (χ1n) is 8.59. The Kier molecular flexibility index (Phi) is 5.24. The van der Waals surface area contributed by atoms with Crippen LogP contribution in [0.4, 0.5) is 0 Å². The molecule has 2 amide bonds. The van der Waals surface area contributed by atoms with Crippen LogP contribution >= 0.6 is 0 Å². The van der Waals surface area contributed by atoms with Crippen molar-refractivity contribution in [2.75, 3.05) is 20.1 Å². The normalized spacial score (nSPS) is 20.4. The summed E-state index contributed by atoms with van der Waals surface area (Å²) >= 11 is 0. The lowest BCUT2D eigenvalue weighted by atomic mass is 10.2. The van der Waals surface area contributed by atoms with Crippen LogP contribution in [0.25, 0.3) is 0 Å². The van der Waals surface area contributed by atoms with E-state index in [-0.39, 0.29) is 25.0 Å². The number of carboxylic acids is 1. The minimum atomic E-state index is -4.16. The average Bonchev–Trinajstić information content (AvgIpc) is 3.10. The molecule has 0 bridgehead atoms. The van der Waals surface area contributed by atoms with E-state index in [0.29, 0.717) is 12.8 Å². The van der Waals surface area contributed by atoms with Crippen molar-refractivity contribution in [2.24, 2.45) is 0 Å². The highest BCUT2D eigenvalue weighted by Crippen LogP contribution is 2.28. The Balaban J connectivity index is 1.71. The highest BCUT2D eigenvalue weighted by Gasteiger charge is 2.42.